The van der Waals surface area contributed by atoms with Gasteiger partial charge in [-0.2, -0.15) is 18.2 Å². The van der Waals surface area contributed by atoms with E-state index in [4.69, 9.17) is 4.74 Å². The standard InChI is InChI=1S/C10H13O.BrH.Mg/c1-8(2)11-10-7-5-4-6-9(10)3;;/h4,6-8H,1-3H3;1H;/q-1;;+2/p-1. The maximum atomic E-state index is 5.51. The van der Waals surface area contributed by atoms with Gasteiger partial charge in [0.1, 0.15) is 0 Å². The van der Waals surface area contributed by atoms with Crippen molar-refractivity contribution in [2.75, 3.05) is 0 Å². The fourth-order valence-electron chi connectivity index (χ4n) is 0.874. The van der Waals surface area contributed by atoms with Crippen LogP contribution in [-0.2, 0) is 0 Å². The number of halogens is 1. The monoisotopic (exact) mass is 252 g/mol. The van der Waals surface area contributed by atoms with E-state index in [0.717, 1.165) is 11.3 Å². The molecule has 0 atom stereocenters. The van der Waals surface area contributed by atoms with Crippen LogP contribution < -0.4 is 21.7 Å². The van der Waals surface area contributed by atoms with Crippen molar-refractivity contribution in [1.29, 1.82) is 0 Å². The summed E-state index contributed by atoms with van der Waals surface area (Å²) in [5.74, 6) is 0.933. The Morgan fingerprint density at radius 3 is 2.46 bits per heavy atom. The van der Waals surface area contributed by atoms with Crippen molar-refractivity contribution in [3.05, 3.63) is 29.8 Å². The Kier molecular flexibility index (Phi) is 9.25. The molecule has 3 heteroatoms. The Hall–Kier alpha value is 0.266. The summed E-state index contributed by atoms with van der Waals surface area (Å²) in [6.07, 6.45) is 0.240. The van der Waals surface area contributed by atoms with Gasteiger partial charge < -0.3 is 21.7 Å². The Balaban J connectivity index is 0. The summed E-state index contributed by atoms with van der Waals surface area (Å²) in [7, 11) is 0. The maximum absolute atomic E-state index is 5.51. The van der Waals surface area contributed by atoms with Crippen molar-refractivity contribution in [2.45, 2.75) is 26.9 Å². The molecule has 0 aliphatic carbocycles. The molecule has 68 valence electrons. The van der Waals surface area contributed by atoms with Crippen LogP contribution in [0, 0.1) is 13.0 Å². The predicted molar refractivity (Wildman–Crippen MR) is 51.5 cm³/mol. The summed E-state index contributed by atoms with van der Waals surface area (Å²) in [5, 5.41) is 0. The fourth-order valence-corrected chi connectivity index (χ4v) is 0.874. The van der Waals surface area contributed by atoms with Crippen molar-refractivity contribution in [3.63, 3.8) is 0 Å². The molecular weight excluding hydrogens is 240 g/mol. The number of rotatable bonds is 2. The average molecular weight is 253 g/mol. The van der Waals surface area contributed by atoms with E-state index in [1.807, 2.05) is 39.0 Å². The molecule has 0 amide bonds. The summed E-state index contributed by atoms with van der Waals surface area (Å²) in [5.41, 5.74) is 1.16. The van der Waals surface area contributed by atoms with Gasteiger partial charge in [0.15, 0.2) is 0 Å². The van der Waals surface area contributed by atoms with Crippen LogP contribution in [0.5, 0.6) is 5.75 Å². The number of benzene rings is 1. The zero-order valence-electron chi connectivity index (χ0n) is 8.30. The molecule has 0 N–H and O–H groups in total. The van der Waals surface area contributed by atoms with Crippen LogP contribution in [0.15, 0.2) is 18.2 Å². The van der Waals surface area contributed by atoms with Crippen LogP contribution in [0.25, 0.3) is 0 Å². The van der Waals surface area contributed by atoms with Gasteiger partial charge in [-0.3, -0.25) is 0 Å². The number of ether oxygens (including phenoxy) is 1. The van der Waals surface area contributed by atoms with E-state index >= 15 is 0 Å². The summed E-state index contributed by atoms with van der Waals surface area (Å²) in [6, 6.07) is 8.74. The quantitative estimate of drug-likeness (QED) is 0.496. The third-order valence-corrected chi connectivity index (χ3v) is 1.40. The van der Waals surface area contributed by atoms with E-state index in [-0.39, 0.29) is 46.1 Å². The second-order valence-corrected chi connectivity index (χ2v) is 2.86. The van der Waals surface area contributed by atoms with Gasteiger partial charge in [0.05, 0.1) is 6.10 Å². The third-order valence-electron chi connectivity index (χ3n) is 1.40. The number of hydrogen-bond donors (Lipinski definition) is 0. The maximum Gasteiger partial charge on any atom is 2.00 e. The first-order valence-corrected chi connectivity index (χ1v) is 3.83. The van der Waals surface area contributed by atoms with Crippen LogP contribution in [0.2, 0.25) is 0 Å². The largest absolute Gasteiger partial charge is 2.00 e. The first-order chi connectivity index (χ1) is 5.20. The van der Waals surface area contributed by atoms with Gasteiger partial charge in [-0.1, -0.05) is 6.92 Å². The minimum absolute atomic E-state index is 0. The van der Waals surface area contributed by atoms with Crippen molar-refractivity contribution in [3.8, 4) is 5.75 Å². The molecular formula is C10H13BrMgO. The molecule has 0 aliphatic rings. The molecule has 0 radical (unpaired) electrons. The zero-order valence-corrected chi connectivity index (χ0v) is 11.3. The predicted octanol–water partition coefficient (Wildman–Crippen LogP) is -0.794. The smallest absolute Gasteiger partial charge is 1.00 e. The van der Waals surface area contributed by atoms with Crippen molar-refractivity contribution in [2.24, 2.45) is 0 Å². The van der Waals surface area contributed by atoms with Gasteiger partial charge in [-0.25, -0.2) is 0 Å². The molecule has 1 nitrogen and oxygen atoms in total. The number of aryl methyl sites for hydroxylation is 1. The summed E-state index contributed by atoms with van der Waals surface area (Å²) >= 11 is 0. The van der Waals surface area contributed by atoms with Crippen LogP contribution in [0.4, 0.5) is 0 Å². The van der Waals surface area contributed by atoms with Crippen LogP contribution in [0.3, 0.4) is 0 Å². The molecule has 1 aromatic rings. The van der Waals surface area contributed by atoms with Crippen molar-refractivity contribution in [1.82, 2.24) is 0 Å². The fraction of sp³-hybridized carbons (Fsp3) is 0.400. The Morgan fingerprint density at radius 1 is 1.38 bits per heavy atom. The minimum Gasteiger partial charge on any atom is -1.00 e. The van der Waals surface area contributed by atoms with Crippen LogP contribution in [0.1, 0.15) is 19.4 Å². The average Bonchev–Trinajstić information content (AvgIpc) is 1.93. The SMILES string of the molecule is Cc1cc[c-]cc1OC(C)C.[Br-].[Mg+2]. The Morgan fingerprint density at radius 2 is 2.00 bits per heavy atom. The Bertz CT molecular complexity index is 238. The second-order valence-electron chi connectivity index (χ2n) is 2.86. The minimum atomic E-state index is 0. The van der Waals surface area contributed by atoms with Gasteiger partial charge >= 0.3 is 23.1 Å². The molecule has 0 saturated heterocycles. The Labute approximate surface area is 107 Å². The molecule has 0 aromatic heterocycles. The number of hydrogen-bond acceptors (Lipinski definition) is 1. The molecule has 0 spiro atoms. The normalized spacial score (nSPS) is 8.62. The first kappa shape index (κ1) is 15.7. The van der Waals surface area contributed by atoms with E-state index < -0.39 is 0 Å². The van der Waals surface area contributed by atoms with Gasteiger partial charge in [0.2, 0.25) is 0 Å². The molecule has 0 aliphatic heterocycles. The molecule has 0 heterocycles. The molecule has 0 bridgehead atoms. The summed E-state index contributed by atoms with van der Waals surface area (Å²) < 4.78 is 5.51. The third kappa shape index (κ3) is 5.55. The molecule has 0 fully saturated rings. The van der Waals surface area contributed by atoms with E-state index in [9.17, 15) is 0 Å². The van der Waals surface area contributed by atoms with Crippen LogP contribution >= 0.6 is 0 Å². The van der Waals surface area contributed by atoms with E-state index in [0.29, 0.717) is 0 Å². The molecule has 0 unspecified atom stereocenters. The van der Waals surface area contributed by atoms with E-state index in [1.54, 1.807) is 0 Å². The van der Waals surface area contributed by atoms with Gasteiger partial charge in [0, 0.05) is 5.75 Å². The molecule has 13 heavy (non-hydrogen) atoms. The summed E-state index contributed by atoms with van der Waals surface area (Å²) in [4.78, 5) is 0. The van der Waals surface area contributed by atoms with Gasteiger partial charge in [-0.05, 0) is 13.8 Å². The van der Waals surface area contributed by atoms with Crippen molar-refractivity contribution < 1.29 is 21.7 Å². The zero-order chi connectivity index (χ0) is 8.27. The molecule has 0 saturated carbocycles. The molecule has 1 rings (SSSR count). The van der Waals surface area contributed by atoms with E-state index in [2.05, 4.69) is 6.07 Å². The van der Waals surface area contributed by atoms with Gasteiger partial charge in [-0.15, -0.1) is 11.6 Å². The molecule has 1 aromatic carbocycles. The van der Waals surface area contributed by atoms with E-state index in [1.165, 1.54) is 0 Å². The van der Waals surface area contributed by atoms with Crippen LogP contribution in [-0.4, -0.2) is 29.2 Å². The first-order valence-electron chi connectivity index (χ1n) is 3.83. The summed E-state index contributed by atoms with van der Waals surface area (Å²) in [6.45, 7) is 6.07. The second kappa shape index (κ2) is 7.65. The topological polar surface area (TPSA) is 9.23 Å². The van der Waals surface area contributed by atoms with Gasteiger partial charge in [0.25, 0.3) is 0 Å². The van der Waals surface area contributed by atoms with Crippen molar-refractivity contribution >= 4 is 23.1 Å².